The monoisotopic (exact) mass is 265 g/mol. The van der Waals surface area contributed by atoms with E-state index in [4.69, 9.17) is 18.9 Å². The zero-order chi connectivity index (χ0) is 14.0. The Labute approximate surface area is 113 Å². The van der Waals surface area contributed by atoms with Gasteiger partial charge in [0.05, 0.1) is 28.4 Å². The second kappa shape index (κ2) is 5.38. The van der Waals surface area contributed by atoms with E-state index in [-0.39, 0.29) is 0 Å². The number of nitrogens with zero attached hydrogens (tertiary/aromatic N) is 1. The van der Waals surface area contributed by atoms with Gasteiger partial charge in [-0.2, -0.15) is 0 Å². The van der Waals surface area contributed by atoms with Crippen molar-refractivity contribution in [3.05, 3.63) is 11.1 Å². The minimum Gasteiger partial charge on any atom is -0.492 e. The number of ether oxygens (including phenoxy) is 4. The Morgan fingerprint density at radius 1 is 0.789 bits per heavy atom. The molecule has 0 unspecified atom stereocenters. The molecule has 1 aromatic carbocycles. The summed E-state index contributed by atoms with van der Waals surface area (Å²) in [5.41, 5.74) is 2.94. The average Bonchev–Trinajstić information content (AvgIpc) is 2.44. The van der Waals surface area contributed by atoms with Crippen LogP contribution in [0, 0.1) is 0 Å². The maximum Gasteiger partial charge on any atom is 0.207 e. The number of aliphatic imine (C=N–C) groups is 1. The van der Waals surface area contributed by atoms with E-state index in [9.17, 15) is 0 Å². The summed E-state index contributed by atoms with van der Waals surface area (Å²) in [5, 5.41) is 0. The molecule has 1 aliphatic heterocycles. The summed E-state index contributed by atoms with van der Waals surface area (Å²) in [6.45, 7) is 2.71. The van der Waals surface area contributed by atoms with Gasteiger partial charge in [0.25, 0.3) is 0 Å². The lowest BCUT2D eigenvalue weighted by Crippen LogP contribution is -2.15. The van der Waals surface area contributed by atoms with E-state index in [0.29, 0.717) is 23.0 Å². The highest BCUT2D eigenvalue weighted by atomic mass is 16.5. The van der Waals surface area contributed by atoms with Gasteiger partial charge >= 0.3 is 0 Å². The second-order valence-corrected chi connectivity index (χ2v) is 4.20. The maximum absolute atomic E-state index is 5.51. The van der Waals surface area contributed by atoms with E-state index < -0.39 is 0 Å². The molecule has 5 heteroatoms. The van der Waals surface area contributed by atoms with Crippen LogP contribution in [-0.4, -0.2) is 40.7 Å². The van der Waals surface area contributed by atoms with Crippen LogP contribution in [0.3, 0.4) is 0 Å². The van der Waals surface area contributed by atoms with Gasteiger partial charge in [0.1, 0.15) is 0 Å². The zero-order valence-corrected chi connectivity index (χ0v) is 12.0. The van der Waals surface area contributed by atoms with Gasteiger partial charge in [0.15, 0.2) is 11.5 Å². The summed E-state index contributed by atoms with van der Waals surface area (Å²) in [4.78, 5) is 4.47. The topological polar surface area (TPSA) is 49.3 Å². The molecule has 1 aliphatic rings. The van der Waals surface area contributed by atoms with Gasteiger partial charge in [0, 0.05) is 23.4 Å². The molecular weight excluding hydrogens is 246 g/mol. The lowest BCUT2D eigenvalue weighted by atomic mass is 9.95. The summed E-state index contributed by atoms with van der Waals surface area (Å²) in [5.74, 6) is 2.45. The molecular formula is C14H19NO4. The summed E-state index contributed by atoms with van der Waals surface area (Å²) in [7, 11) is 6.43. The fraction of sp³-hybridized carbons (Fsp3) is 0.500. The van der Waals surface area contributed by atoms with Crippen LogP contribution >= 0.6 is 0 Å². The molecule has 0 aliphatic carbocycles. The molecule has 0 amide bonds. The summed E-state index contributed by atoms with van der Waals surface area (Å²) in [6, 6.07) is 0. The Kier molecular flexibility index (Phi) is 3.83. The number of rotatable bonds is 4. The Balaban J connectivity index is 2.85. The lowest BCUT2D eigenvalue weighted by Gasteiger charge is -2.24. The molecule has 0 saturated carbocycles. The fourth-order valence-electron chi connectivity index (χ4n) is 2.52. The van der Waals surface area contributed by atoms with Crippen molar-refractivity contribution in [3.63, 3.8) is 0 Å². The average molecular weight is 265 g/mol. The largest absolute Gasteiger partial charge is 0.492 e. The first-order valence-electron chi connectivity index (χ1n) is 6.09. The van der Waals surface area contributed by atoms with Crippen LogP contribution in [0.2, 0.25) is 0 Å². The van der Waals surface area contributed by atoms with Crippen LogP contribution in [0.1, 0.15) is 18.1 Å². The van der Waals surface area contributed by atoms with Crippen molar-refractivity contribution in [1.82, 2.24) is 0 Å². The Morgan fingerprint density at radius 2 is 1.32 bits per heavy atom. The summed E-state index contributed by atoms with van der Waals surface area (Å²) in [6.07, 6.45) is 0.798. The summed E-state index contributed by atoms with van der Waals surface area (Å²) >= 11 is 0. The molecule has 0 fully saturated rings. The third-order valence-corrected chi connectivity index (χ3v) is 3.31. The van der Waals surface area contributed by atoms with Crippen molar-refractivity contribution in [2.75, 3.05) is 35.0 Å². The predicted octanol–water partition coefficient (Wildman–Crippen LogP) is 2.09. The van der Waals surface area contributed by atoms with E-state index in [1.54, 1.807) is 28.4 Å². The molecule has 0 N–H and O–H groups in total. The molecule has 19 heavy (non-hydrogen) atoms. The Hall–Kier alpha value is -1.91. The number of fused-ring (bicyclic) bond motifs is 1. The molecule has 104 valence electrons. The smallest absolute Gasteiger partial charge is 0.207 e. The fourth-order valence-corrected chi connectivity index (χ4v) is 2.52. The summed E-state index contributed by atoms with van der Waals surface area (Å²) < 4.78 is 21.9. The van der Waals surface area contributed by atoms with Gasteiger partial charge in [-0.1, -0.05) is 0 Å². The standard InChI is InChI=1S/C14H19NO4/c1-8-10-9(6-7-15-8)11(16-2)13(18-4)14(19-5)12(10)17-3/h6-7H2,1-5H3. The van der Waals surface area contributed by atoms with E-state index in [0.717, 1.165) is 29.8 Å². The van der Waals surface area contributed by atoms with Gasteiger partial charge in [-0.15, -0.1) is 0 Å². The predicted molar refractivity (Wildman–Crippen MR) is 73.4 cm³/mol. The minimum atomic E-state index is 0.539. The first kappa shape index (κ1) is 13.5. The molecule has 2 rings (SSSR count). The van der Waals surface area contributed by atoms with Gasteiger partial charge in [0.2, 0.25) is 11.5 Å². The van der Waals surface area contributed by atoms with Crippen LogP contribution in [0.4, 0.5) is 0 Å². The molecule has 1 heterocycles. The van der Waals surface area contributed by atoms with Gasteiger partial charge in [-0.05, 0) is 13.3 Å². The van der Waals surface area contributed by atoms with Gasteiger partial charge < -0.3 is 18.9 Å². The first-order valence-corrected chi connectivity index (χ1v) is 6.09. The number of benzene rings is 1. The van der Waals surface area contributed by atoms with Gasteiger partial charge in [-0.25, -0.2) is 0 Å². The van der Waals surface area contributed by atoms with Crippen LogP contribution in [0.5, 0.6) is 23.0 Å². The normalized spacial score (nSPS) is 13.4. The SMILES string of the molecule is COc1c2c(c(OC)c(OC)c1OC)C(C)=NCC2. The lowest BCUT2D eigenvalue weighted by molar-refractivity contribution is 0.303. The quantitative estimate of drug-likeness (QED) is 0.836. The van der Waals surface area contributed by atoms with Crippen molar-refractivity contribution < 1.29 is 18.9 Å². The van der Waals surface area contributed by atoms with Gasteiger partial charge in [-0.3, -0.25) is 4.99 Å². The van der Waals surface area contributed by atoms with Crippen LogP contribution in [-0.2, 0) is 6.42 Å². The molecule has 0 bridgehead atoms. The molecule has 0 radical (unpaired) electrons. The third kappa shape index (κ3) is 1.99. The zero-order valence-electron chi connectivity index (χ0n) is 12.0. The Bertz CT molecular complexity index is 523. The number of methoxy groups -OCH3 is 4. The van der Waals surface area contributed by atoms with E-state index >= 15 is 0 Å². The molecule has 0 spiro atoms. The maximum atomic E-state index is 5.51. The molecule has 5 nitrogen and oxygen atoms in total. The highest BCUT2D eigenvalue weighted by Gasteiger charge is 2.29. The second-order valence-electron chi connectivity index (χ2n) is 4.20. The van der Waals surface area contributed by atoms with E-state index in [2.05, 4.69) is 4.99 Å². The molecule has 0 aromatic heterocycles. The van der Waals surface area contributed by atoms with Crippen molar-refractivity contribution in [3.8, 4) is 23.0 Å². The van der Waals surface area contributed by atoms with Crippen LogP contribution in [0.15, 0.2) is 4.99 Å². The number of hydrogen-bond donors (Lipinski definition) is 0. The van der Waals surface area contributed by atoms with Crippen molar-refractivity contribution >= 4 is 5.71 Å². The van der Waals surface area contributed by atoms with Crippen LogP contribution < -0.4 is 18.9 Å². The number of hydrogen-bond acceptors (Lipinski definition) is 5. The van der Waals surface area contributed by atoms with E-state index in [1.165, 1.54) is 0 Å². The minimum absolute atomic E-state index is 0.539. The van der Waals surface area contributed by atoms with Crippen molar-refractivity contribution in [1.29, 1.82) is 0 Å². The Morgan fingerprint density at radius 3 is 1.84 bits per heavy atom. The highest BCUT2D eigenvalue weighted by molar-refractivity contribution is 6.05. The molecule has 0 saturated heterocycles. The molecule has 1 aromatic rings. The van der Waals surface area contributed by atoms with Crippen LogP contribution in [0.25, 0.3) is 0 Å². The van der Waals surface area contributed by atoms with E-state index in [1.807, 2.05) is 6.92 Å². The highest BCUT2D eigenvalue weighted by Crippen LogP contribution is 2.50. The first-order chi connectivity index (χ1) is 9.19. The van der Waals surface area contributed by atoms with Crippen molar-refractivity contribution in [2.24, 2.45) is 4.99 Å². The third-order valence-electron chi connectivity index (χ3n) is 3.31. The van der Waals surface area contributed by atoms with Crippen molar-refractivity contribution in [2.45, 2.75) is 13.3 Å². The molecule has 0 atom stereocenters.